The minimum Gasteiger partial charge on any atom is -0.477 e. The monoisotopic (exact) mass is 450 g/mol. The van der Waals surface area contributed by atoms with Gasteiger partial charge in [-0.2, -0.15) is 13.2 Å². The summed E-state index contributed by atoms with van der Waals surface area (Å²) in [5.74, 6) is -4.19. The van der Waals surface area contributed by atoms with Crippen LogP contribution in [-0.2, 0) is 6.18 Å². The van der Waals surface area contributed by atoms with Gasteiger partial charge in [-0.1, -0.05) is 18.2 Å². The number of nitrogens with zero attached hydrogens (tertiary/aromatic N) is 1. The van der Waals surface area contributed by atoms with Crippen LogP contribution < -0.4 is 16.1 Å². The molecule has 1 aromatic heterocycles. The van der Waals surface area contributed by atoms with Gasteiger partial charge in [-0.3, -0.25) is 4.79 Å². The number of hydrogen-bond donors (Lipinski definition) is 1. The van der Waals surface area contributed by atoms with E-state index in [1.165, 1.54) is 18.2 Å². The molecular formula is C21H16BF5N2O3. The molecule has 5 nitrogen and oxygen atoms in total. The number of alkyl halides is 3. The highest BCUT2D eigenvalue weighted by atomic mass is 19.4. The quantitative estimate of drug-likeness (QED) is 0.339. The predicted octanol–water partition coefficient (Wildman–Crippen LogP) is 3.69. The van der Waals surface area contributed by atoms with E-state index in [4.69, 9.17) is 14.9 Å². The van der Waals surface area contributed by atoms with Crippen LogP contribution in [0.3, 0.4) is 0 Å². The molecule has 1 amide bonds. The number of benzene rings is 2. The normalized spacial score (nSPS) is 12.4. The Bertz CT molecular complexity index is 1160. The first-order valence-corrected chi connectivity index (χ1v) is 9.23. The number of ether oxygens (including phenoxy) is 1. The largest absolute Gasteiger partial charge is 0.477 e. The molecule has 166 valence electrons. The van der Waals surface area contributed by atoms with Gasteiger partial charge in [-0.25, -0.2) is 13.8 Å². The lowest BCUT2D eigenvalue weighted by Crippen LogP contribution is -2.17. The Kier molecular flexibility index (Phi) is 6.38. The van der Waals surface area contributed by atoms with E-state index in [0.717, 1.165) is 24.3 Å². The van der Waals surface area contributed by atoms with Gasteiger partial charge in [0.05, 0.1) is 11.2 Å². The molecule has 0 fully saturated rings. The molecule has 0 aliphatic heterocycles. The summed E-state index contributed by atoms with van der Waals surface area (Å²) >= 11 is 0. The SMILES string of the molecule is Bc1oc(C(CC=C)Oc2ccc(F)c(C(N)=O)c2F)nc1-c1ccc(C(F)(F)F)cc1. The third-order valence-corrected chi connectivity index (χ3v) is 4.53. The van der Waals surface area contributed by atoms with E-state index in [1.54, 1.807) is 7.85 Å². The summed E-state index contributed by atoms with van der Waals surface area (Å²) in [4.78, 5) is 15.6. The molecule has 32 heavy (non-hydrogen) atoms. The van der Waals surface area contributed by atoms with Crippen molar-refractivity contribution in [2.24, 2.45) is 5.73 Å². The molecule has 11 heteroatoms. The lowest BCUT2D eigenvalue weighted by Gasteiger charge is -2.16. The van der Waals surface area contributed by atoms with Gasteiger partial charge < -0.3 is 14.9 Å². The summed E-state index contributed by atoms with van der Waals surface area (Å²) in [5.41, 5.74) is 4.18. The van der Waals surface area contributed by atoms with E-state index >= 15 is 0 Å². The van der Waals surface area contributed by atoms with Gasteiger partial charge >= 0.3 is 6.18 Å². The minimum atomic E-state index is -4.48. The van der Waals surface area contributed by atoms with E-state index in [0.29, 0.717) is 5.56 Å². The topological polar surface area (TPSA) is 78.4 Å². The van der Waals surface area contributed by atoms with Crippen LogP contribution in [0.5, 0.6) is 5.75 Å². The first kappa shape index (κ1) is 23.0. The van der Waals surface area contributed by atoms with E-state index in [2.05, 4.69) is 11.6 Å². The number of primary amides is 1. The van der Waals surface area contributed by atoms with Gasteiger partial charge in [0.1, 0.15) is 17.1 Å². The van der Waals surface area contributed by atoms with E-state index < -0.39 is 46.7 Å². The zero-order valence-corrected chi connectivity index (χ0v) is 16.7. The Labute approximate surface area is 180 Å². The highest BCUT2D eigenvalue weighted by molar-refractivity contribution is 6.33. The molecule has 0 spiro atoms. The number of hydrogen-bond acceptors (Lipinski definition) is 4. The summed E-state index contributed by atoms with van der Waals surface area (Å²) in [6, 6.07) is 6.15. The van der Waals surface area contributed by atoms with Crippen molar-refractivity contribution in [3.8, 4) is 17.0 Å². The average molecular weight is 450 g/mol. The van der Waals surface area contributed by atoms with E-state index in [-0.39, 0.29) is 23.7 Å². The summed E-state index contributed by atoms with van der Waals surface area (Å²) < 4.78 is 77.8. The van der Waals surface area contributed by atoms with Crippen molar-refractivity contribution in [2.75, 3.05) is 0 Å². The van der Waals surface area contributed by atoms with Gasteiger partial charge in [0, 0.05) is 12.0 Å². The standard InChI is InChI=1S/C21H16BF5N2O3/c1-2-3-14(31-13-9-8-12(23)15(16(13)24)19(28)30)20-29-17(18(22)32-20)10-4-6-11(7-5-10)21(25,26)27/h2,4-9,14H,1,3,22H2,(H2,28,30). The van der Waals surface area contributed by atoms with E-state index in [1.807, 2.05) is 0 Å². The number of nitrogens with two attached hydrogens (primary N) is 1. The van der Waals surface area contributed by atoms with Crippen LogP contribution in [0.2, 0.25) is 0 Å². The lowest BCUT2D eigenvalue weighted by molar-refractivity contribution is -0.137. The number of carbonyl (C=O) groups excluding carboxylic acids is 1. The van der Waals surface area contributed by atoms with Gasteiger partial charge in [0.2, 0.25) is 5.89 Å². The number of rotatable bonds is 7. The van der Waals surface area contributed by atoms with Crippen LogP contribution in [0.15, 0.2) is 53.5 Å². The van der Waals surface area contributed by atoms with Crippen molar-refractivity contribution in [1.82, 2.24) is 4.98 Å². The van der Waals surface area contributed by atoms with Crippen LogP contribution >= 0.6 is 0 Å². The number of amides is 1. The fraction of sp³-hybridized carbons (Fsp3) is 0.143. The Morgan fingerprint density at radius 2 is 1.88 bits per heavy atom. The van der Waals surface area contributed by atoms with Crippen molar-refractivity contribution in [2.45, 2.75) is 18.7 Å². The smallest absolute Gasteiger partial charge is 0.416 e. The summed E-state index contributed by atoms with van der Waals surface area (Å²) in [6.45, 7) is 3.59. The minimum absolute atomic E-state index is 0.0124. The Balaban J connectivity index is 1.95. The molecular weight excluding hydrogens is 434 g/mol. The molecule has 1 atom stereocenters. The summed E-state index contributed by atoms with van der Waals surface area (Å²) in [7, 11) is 1.55. The highest BCUT2D eigenvalue weighted by Gasteiger charge is 2.30. The molecule has 0 aliphatic carbocycles. The van der Waals surface area contributed by atoms with Crippen LogP contribution in [0.1, 0.15) is 34.3 Å². The fourth-order valence-corrected chi connectivity index (χ4v) is 2.99. The predicted molar refractivity (Wildman–Crippen MR) is 108 cm³/mol. The van der Waals surface area contributed by atoms with Crippen molar-refractivity contribution < 1.29 is 35.9 Å². The first-order valence-electron chi connectivity index (χ1n) is 9.23. The second-order valence-electron chi connectivity index (χ2n) is 6.76. The van der Waals surface area contributed by atoms with E-state index in [9.17, 15) is 26.7 Å². The average Bonchev–Trinajstić information content (AvgIpc) is 3.10. The molecule has 0 bridgehead atoms. The maximum Gasteiger partial charge on any atom is 0.416 e. The molecule has 1 heterocycles. The molecule has 3 rings (SSSR count). The first-order chi connectivity index (χ1) is 15.0. The Morgan fingerprint density at radius 1 is 1.22 bits per heavy atom. The molecule has 0 saturated carbocycles. The maximum atomic E-state index is 14.5. The fourth-order valence-electron chi connectivity index (χ4n) is 2.99. The third kappa shape index (κ3) is 4.66. The van der Waals surface area contributed by atoms with Crippen molar-refractivity contribution >= 4 is 19.4 Å². The molecule has 2 aromatic carbocycles. The van der Waals surface area contributed by atoms with Crippen molar-refractivity contribution in [3.05, 3.63) is 77.7 Å². The molecule has 0 radical (unpaired) electrons. The summed E-state index contributed by atoms with van der Waals surface area (Å²) in [5, 5.41) is 0. The maximum absolute atomic E-state index is 14.5. The number of oxazole rings is 1. The molecule has 0 saturated heterocycles. The van der Waals surface area contributed by atoms with Gasteiger partial charge in [0.15, 0.2) is 25.5 Å². The number of carbonyl (C=O) groups is 1. The second kappa shape index (κ2) is 8.85. The zero-order valence-electron chi connectivity index (χ0n) is 16.7. The van der Waals surface area contributed by atoms with Crippen molar-refractivity contribution in [1.29, 1.82) is 0 Å². The molecule has 1 unspecified atom stereocenters. The number of halogens is 5. The third-order valence-electron chi connectivity index (χ3n) is 4.53. The molecule has 0 aliphatic rings. The highest BCUT2D eigenvalue weighted by Crippen LogP contribution is 2.32. The zero-order chi connectivity index (χ0) is 23.6. The lowest BCUT2D eigenvalue weighted by atomic mass is 9.98. The van der Waals surface area contributed by atoms with Crippen LogP contribution in [0, 0.1) is 11.6 Å². The second-order valence-corrected chi connectivity index (χ2v) is 6.76. The molecule has 3 aromatic rings. The van der Waals surface area contributed by atoms with Gasteiger partial charge in [0.25, 0.3) is 5.91 Å². The Hall–Kier alpha value is -3.63. The van der Waals surface area contributed by atoms with Crippen LogP contribution in [0.4, 0.5) is 22.0 Å². The van der Waals surface area contributed by atoms with Gasteiger partial charge in [-0.15, -0.1) is 6.58 Å². The Morgan fingerprint density at radius 3 is 2.44 bits per heavy atom. The van der Waals surface area contributed by atoms with Crippen LogP contribution in [-0.4, -0.2) is 18.7 Å². The number of aromatic nitrogens is 1. The van der Waals surface area contributed by atoms with Gasteiger partial charge in [-0.05, 0) is 24.3 Å². The van der Waals surface area contributed by atoms with Crippen LogP contribution in [0.25, 0.3) is 11.3 Å². The summed E-state index contributed by atoms with van der Waals surface area (Å²) in [6.07, 6.45) is -3.96. The molecule has 2 N–H and O–H groups in total. The van der Waals surface area contributed by atoms with Crippen molar-refractivity contribution in [3.63, 3.8) is 0 Å².